The summed E-state index contributed by atoms with van der Waals surface area (Å²) in [5.74, 6) is -0.153. The molecular formula is C27H28BrN3O3S. The van der Waals surface area contributed by atoms with Crippen molar-refractivity contribution in [1.29, 1.82) is 0 Å². The fourth-order valence-corrected chi connectivity index (χ4v) is 3.88. The van der Waals surface area contributed by atoms with E-state index in [2.05, 4.69) is 38.8 Å². The maximum absolute atomic E-state index is 13.0. The largest absolute Gasteiger partial charge is 0.492 e. The fraction of sp³-hybridized carbons (Fsp3) is 0.222. The lowest BCUT2D eigenvalue weighted by atomic mass is 10.1. The second-order valence-corrected chi connectivity index (χ2v) is 9.11. The first-order chi connectivity index (χ1) is 17.0. The van der Waals surface area contributed by atoms with Gasteiger partial charge in [0.05, 0.1) is 23.4 Å². The van der Waals surface area contributed by atoms with Crippen LogP contribution < -0.4 is 20.7 Å². The molecule has 0 aliphatic rings. The van der Waals surface area contributed by atoms with Crippen LogP contribution >= 0.6 is 28.1 Å². The highest BCUT2D eigenvalue weighted by atomic mass is 79.9. The average Bonchev–Trinajstić information content (AvgIpc) is 2.86. The summed E-state index contributed by atoms with van der Waals surface area (Å²) in [6.07, 6.45) is 2.61. The van der Waals surface area contributed by atoms with Gasteiger partial charge in [-0.1, -0.05) is 71.7 Å². The fourth-order valence-electron chi connectivity index (χ4n) is 3.32. The summed E-state index contributed by atoms with van der Waals surface area (Å²) in [5, 5.41) is 8.63. The van der Waals surface area contributed by atoms with Crippen LogP contribution in [0.5, 0.6) is 5.75 Å². The number of carbonyl (C=O) groups excluding carboxylic acids is 2. The number of para-hydroxylation sites is 1. The van der Waals surface area contributed by atoms with Crippen molar-refractivity contribution in [3.05, 3.63) is 94.0 Å². The minimum absolute atomic E-state index is 0.0824. The summed E-state index contributed by atoms with van der Waals surface area (Å²) in [5.41, 5.74) is 2.47. The normalized spacial score (nSPS) is 10.3. The van der Waals surface area contributed by atoms with Gasteiger partial charge in [-0.2, -0.15) is 0 Å². The Bertz CT molecular complexity index is 1170. The third-order valence-corrected chi connectivity index (χ3v) is 5.84. The van der Waals surface area contributed by atoms with E-state index in [1.807, 2.05) is 36.4 Å². The molecule has 3 N–H and O–H groups in total. The lowest BCUT2D eigenvalue weighted by molar-refractivity contribution is 0.0951. The van der Waals surface area contributed by atoms with Crippen LogP contribution in [0.25, 0.3) is 0 Å². The molecule has 0 fully saturated rings. The number of amides is 2. The number of nitrogens with one attached hydrogen (secondary N) is 3. The van der Waals surface area contributed by atoms with Crippen LogP contribution in [0.15, 0.2) is 77.3 Å². The summed E-state index contributed by atoms with van der Waals surface area (Å²) in [6.45, 7) is 3.09. The van der Waals surface area contributed by atoms with Gasteiger partial charge >= 0.3 is 0 Å². The SMILES string of the molecule is CCCCNC(=O)c1ccccc1NC(=S)NC(=O)c1cc(Br)ccc1OCCc1ccccc1. The van der Waals surface area contributed by atoms with E-state index in [9.17, 15) is 9.59 Å². The Balaban J connectivity index is 1.64. The minimum atomic E-state index is -0.414. The number of benzene rings is 3. The first kappa shape index (κ1) is 26.4. The standard InChI is InChI=1S/C27H28BrN3O3S/c1-2-3-16-29-25(32)21-11-7-8-12-23(21)30-27(35)31-26(33)22-18-20(28)13-14-24(22)34-17-15-19-9-5-4-6-10-19/h4-14,18H,2-3,15-17H2,1H3,(H,29,32)(H2,30,31,33,35). The predicted molar refractivity (Wildman–Crippen MR) is 147 cm³/mol. The van der Waals surface area contributed by atoms with Gasteiger partial charge < -0.3 is 15.4 Å². The van der Waals surface area contributed by atoms with Crippen molar-refractivity contribution in [2.45, 2.75) is 26.2 Å². The molecule has 0 atom stereocenters. The average molecular weight is 555 g/mol. The van der Waals surface area contributed by atoms with Crippen molar-refractivity contribution in [3.63, 3.8) is 0 Å². The van der Waals surface area contributed by atoms with Gasteiger partial charge in [-0.25, -0.2) is 0 Å². The zero-order valence-electron chi connectivity index (χ0n) is 19.5. The number of unbranched alkanes of at least 4 members (excludes halogenated alkanes) is 1. The van der Waals surface area contributed by atoms with Crippen LogP contribution in [0.2, 0.25) is 0 Å². The molecule has 3 rings (SSSR count). The number of thiocarbonyl (C=S) groups is 1. The molecule has 0 bridgehead atoms. The first-order valence-electron chi connectivity index (χ1n) is 11.4. The third-order valence-electron chi connectivity index (χ3n) is 5.14. The van der Waals surface area contributed by atoms with Gasteiger partial charge in [0.2, 0.25) is 0 Å². The van der Waals surface area contributed by atoms with E-state index in [1.54, 1.807) is 36.4 Å². The number of anilines is 1. The molecule has 0 heterocycles. The van der Waals surface area contributed by atoms with Crippen molar-refractivity contribution in [1.82, 2.24) is 10.6 Å². The Hall–Kier alpha value is -3.23. The molecule has 35 heavy (non-hydrogen) atoms. The Morgan fingerprint density at radius 2 is 1.69 bits per heavy atom. The molecule has 8 heteroatoms. The van der Waals surface area contributed by atoms with Crippen molar-refractivity contribution in [3.8, 4) is 5.75 Å². The molecule has 0 aromatic heterocycles. The van der Waals surface area contributed by atoms with Crippen LogP contribution in [0.1, 0.15) is 46.0 Å². The summed E-state index contributed by atoms with van der Waals surface area (Å²) < 4.78 is 6.66. The third kappa shape index (κ3) is 8.19. The lowest BCUT2D eigenvalue weighted by Crippen LogP contribution is -2.35. The van der Waals surface area contributed by atoms with Crippen LogP contribution in [-0.4, -0.2) is 30.1 Å². The van der Waals surface area contributed by atoms with Crippen molar-refractivity contribution < 1.29 is 14.3 Å². The molecule has 3 aromatic rings. The van der Waals surface area contributed by atoms with E-state index in [0.717, 1.165) is 29.3 Å². The van der Waals surface area contributed by atoms with Crippen molar-refractivity contribution >= 4 is 50.8 Å². The van der Waals surface area contributed by atoms with E-state index >= 15 is 0 Å². The van der Waals surface area contributed by atoms with Crippen molar-refractivity contribution in [2.24, 2.45) is 0 Å². The maximum atomic E-state index is 13.0. The minimum Gasteiger partial charge on any atom is -0.492 e. The van der Waals surface area contributed by atoms with Crippen LogP contribution in [0.3, 0.4) is 0 Å². The molecule has 0 spiro atoms. The number of hydrogen-bond donors (Lipinski definition) is 3. The highest BCUT2D eigenvalue weighted by Crippen LogP contribution is 2.24. The van der Waals surface area contributed by atoms with E-state index in [0.29, 0.717) is 35.7 Å². The molecule has 3 aromatic carbocycles. The molecule has 0 radical (unpaired) electrons. The van der Waals surface area contributed by atoms with Crippen LogP contribution in [-0.2, 0) is 6.42 Å². The second-order valence-electron chi connectivity index (χ2n) is 7.79. The molecular weight excluding hydrogens is 526 g/mol. The highest BCUT2D eigenvalue weighted by Gasteiger charge is 2.17. The molecule has 0 saturated carbocycles. The number of ether oxygens (including phenoxy) is 1. The van der Waals surface area contributed by atoms with Gasteiger partial charge in [0, 0.05) is 17.4 Å². The van der Waals surface area contributed by atoms with E-state index in [1.165, 1.54) is 0 Å². The molecule has 0 unspecified atom stereocenters. The maximum Gasteiger partial charge on any atom is 0.261 e. The summed E-state index contributed by atoms with van der Waals surface area (Å²) in [7, 11) is 0. The van der Waals surface area contributed by atoms with E-state index in [4.69, 9.17) is 17.0 Å². The molecule has 182 valence electrons. The van der Waals surface area contributed by atoms with E-state index in [-0.39, 0.29) is 11.0 Å². The second kappa shape index (κ2) is 13.6. The Morgan fingerprint density at radius 3 is 2.46 bits per heavy atom. The summed E-state index contributed by atoms with van der Waals surface area (Å²) in [4.78, 5) is 25.6. The Labute approximate surface area is 219 Å². The predicted octanol–water partition coefficient (Wildman–Crippen LogP) is 5.73. The van der Waals surface area contributed by atoms with Gasteiger partial charge in [0.25, 0.3) is 11.8 Å². The topological polar surface area (TPSA) is 79.5 Å². The number of halogens is 1. The monoisotopic (exact) mass is 553 g/mol. The molecule has 2 amide bonds. The highest BCUT2D eigenvalue weighted by molar-refractivity contribution is 9.10. The lowest BCUT2D eigenvalue weighted by Gasteiger charge is -2.15. The Morgan fingerprint density at radius 1 is 0.943 bits per heavy atom. The summed E-state index contributed by atoms with van der Waals surface area (Å²) >= 11 is 8.78. The van der Waals surface area contributed by atoms with Crippen LogP contribution in [0.4, 0.5) is 5.69 Å². The zero-order valence-corrected chi connectivity index (χ0v) is 21.9. The van der Waals surface area contributed by atoms with Crippen molar-refractivity contribution in [2.75, 3.05) is 18.5 Å². The van der Waals surface area contributed by atoms with Gasteiger partial charge in [-0.15, -0.1) is 0 Å². The van der Waals surface area contributed by atoms with Gasteiger partial charge in [-0.05, 0) is 54.5 Å². The van der Waals surface area contributed by atoms with Gasteiger partial charge in [-0.3, -0.25) is 14.9 Å². The van der Waals surface area contributed by atoms with Gasteiger partial charge in [0.1, 0.15) is 5.75 Å². The quantitative estimate of drug-likeness (QED) is 0.221. The summed E-state index contributed by atoms with van der Waals surface area (Å²) in [6, 6.07) is 22.3. The molecule has 6 nitrogen and oxygen atoms in total. The van der Waals surface area contributed by atoms with Gasteiger partial charge in [0.15, 0.2) is 5.11 Å². The smallest absolute Gasteiger partial charge is 0.261 e. The Kier molecular flexibility index (Phi) is 10.3. The number of carbonyl (C=O) groups is 2. The van der Waals surface area contributed by atoms with Crippen LogP contribution in [0, 0.1) is 0 Å². The number of hydrogen-bond acceptors (Lipinski definition) is 4. The molecule has 0 aliphatic carbocycles. The first-order valence-corrected chi connectivity index (χ1v) is 12.6. The molecule has 0 saturated heterocycles. The molecule has 0 aliphatic heterocycles. The number of rotatable bonds is 10. The zero-order chi connectivity index (χ0) is 25.0. The van der Waals surface area contributed by atoms with E-state index < -0.39 is 5.91 Å².